The molecule has 3 aromatic rings. The summed E-state index contributed by atoms with van der Waals surface area (Å²) in [7, 11) is 0. The van der Waals surface area contributed by atoms with Crippen molar-refractivity contribution in [1.29, 1.82) is 0 Å². The van der Waals surface area contributed by atoms with Gasteiger partial charge in [0.05, 0.1) is 18.9 Å². The first-order chi connectivity index (χ1) is 19.4. The van der Waals surface area contributed by atoms with Crippen LogP contribution >= 0.6 is 0 Å². The lowest BCUT2D eigenvalue weighted by molar-refractivity contribution is -0.139. The normalized spacial score (nSPS) is 12.4. The quantitative estimate of drug-likeness (QED) is 0.164. The molecule has 0 radical (unpaired) electrons. The van der Waals surface area contributed by atoms with Gasteiger partial charge in [-0.1, -0.05) is 42.5 Å². The van der Waals surface area contributed by atoms with Crippen LogP contribution in [-0.4, -0.2) is 33.5 Å². The van der Waals surface area contributed by atoms with Gasteiger partial charge in [-0.25, -0.2) is 9.78 Å². The number of nitrogens with zero attached hydrogens (tertiary/aromatic N) is 3. The summed E-state index contributed by atoms with van der Waals surface area (Å²) in [4.78, 5) is 16.6. The lowest BCUT2D eigenvalue weighted by atomic mass is 10.2. The zero-order valence-electron chi connectivity index (χ0n) is 23.2. The number of ether oxygens (including phenoxy) is 3. The number of allylic oxidation sites excluding steroid dienone is 1. The Morgan fingerprint density at radius 3 is 2.44 bits per heavy atom. The molecule has 0 bridgehead atoms. The summed E-state index contributed by atoms with van der Waals surface area (Å²) < 4.78 is 64.4. The fraction of sp³-hybridized carbons (Fsp3) is 0.379. The van der Waals surface area contributed by atoms with Gasteiger partial charge in [-0.2, -0.15) is 13.2 Å². The molecule has 1 N–H and O–H groups in total. The van der Waals surface area contributed by atoms with Gasteiger partial charge in [-0.05, 0) is 51.7 Å². The Bertz CT molecular complexity index is 1320. The lowest BCUT2D eigenvalue weighted by Gasteiger charge is -2.21. The molecule has 0 aliphatic rings. The number of carbonyl (C=O) groups is 1. The van der Waals surface area contributed by atoms with Crippen LogP contribution in [0.1, 0.15) is 63.2 Å². The highest BCUT2D eigenvalue weighted by Gasteiger charge is 2.38. The minimum Gasteiger partial charge on any atom is -0.477 e. The maximum atomic E-state index is 14.0. The molecule has 1 amide bonds. The Kier molecular flexibility index (Phi) is 10.6. The highest BCUT2D eigenvalue weighted by atomic mass is 19.4. The number of rotatable bonds is 13. The number of alkyl halides is 3. The molecule has 9 nitrogen and oxygen atoms in total. The molecular weight excluding hydrogens is 541 g/mol. The van der Waals surface area contributed by atoms with E-state index >= 15 is 0 Å². The average Bonchev–Trinajstić information content (AvgIpc) is 3.38. The second kappa shape index (κ2) is 13.9. The molecule has 0 spiro atoms. The minimum atomic E-state index is -4.85. The molecular formula is C29H33F3N4O5. The summed E-state index contributed by atoms with van der Waals surface area (Å²) >= 11 is 0. The van der Waals surface area contributed by atoms with E-state index < -0.39 is 35.4 Å². The van der Waals surface area contributed by atoms with Crippen molar-refractivity contribution < 1.29 is 36.6 Å². The zero-order chi connectivity index (χ0) is 30.0. The number of amides is 1. The highest BCUT2D eigenvalue weighted by molar-refractivity contribution is 5.89. The minimum absolute atomic E-state index is 0.0804. The van der Waals surface area contributed by atoms with Crippen LogP contribution in [0.15, 0.2) is 66.1 Å². The number of hydrogen-bond donors (Lipinski definition) is 1. The van der Waals surface area contributed by atoms with Gasteiger partial charge >= 0.3 is 12.3 Å². The summed E-state index contributed by atoms with van der Waals surface area (Å²) in [5.74, 6) is -0.885. The maximum absolute atomic E-state index is 14.0. The van der Waals surface area contributed by atoms with Gasteiger partial charge in [0.1, 0.15) is 17.3 Å². The Hall–Kier alpha value is -4.19. The SMILES string of the molecule is C=CCCOc1nc(-c2nnc(C(CCC=C)OCc3ccccc3)o2)c(NC(=O)OC(C)(C)C)cc1C(F)(F)F. The fourth-order valence-electron chi connectivity index (χ4n) is 3.50. The number of aromatic nitrogens is 3. The average molecular weight is 575 g/mol. The number of halogens is 3. The predicted octanol–water partition coefficient (Wildman–Crippen LogP) is 7.68. The number of carbonyl (C=O) groups excluding carboxylic acids is 1. The molecule has 2 heterocycles. The Labute approximate surface area is 236 Å². The summed E-state index contributed by atoms with van der Waals surface area (Å²) in [6.45, 7) is 12.3. The molecule has 0 aliphatic carbocycles. The van der Waals surface area contributed by atoms with Gasteiger partial charge in [0.2, 0.25) is 11.8 Å². The predicted molar refractivity (Wildman–Crippen MR) is 146 cm³/mol. The van der Waals surface area contributed by atoms with Crippen LogP contribution in [-0.2, 0) is 22.3 Å². The Balaban J connectivity index is 2.03. The van der Waals surface area contributed by atoms with Crippen LogP contribution < -0.4 is 10.1 Å². The molecule has 1 atom stereocenters. The van der Waals surface area contributed by atoms with Gasteiger partial charge < -0.3 is 18.6 Å². The third-order valence-electron chi connectivity index (χ3n) is 5.33. The van der Waals surface area contributed by atoms with Gasteiger partial charge in [0.25, 0.3) is 5.89 Å². The van der Waals surface area contributed by atoms with E-state index in [9.17, 15) is 18.0 Å². The summed E-state index contributed by atoms with van der Waals surface area (Å²) in [6, 6.07) is 10.1. The van der Waals surface area contributed by atoms with Crippen molar-refractivity contribution in [3.63, 3.8) is 0 Å². The molecule has 0 saturated carbocycles. The molecule has 12 heteroatoms. The highest BCUT2D eigenvalue weighted by Crippen LogP contribution is 2.40. The van der Waals surface area contributed by atoms with Crippen molar-refractivity contribution in [3.8, 4) is 17.5 Å². The molecule has 1 unspecified atom stereocenters. The number of benzene rings is 1. The Morgan fingerprint density at radius 1 is 1.10 bits per heavy atom. The van der Waals surface area contributed by atoms with Crippen molar-refractivity contribution in [2.24, 2.45) is 0 Å². The van der Waals surface area contributed by atoms with E-state index in [0.717, 1.165) is 5.56 Å². The first-order valence-corrected chi connectivity index (χ1v) is 12.9. The van der Waals surface area contributed by atoms with Crippen molar-refractivity contribution in [1.82, 2.24) is 15.2 Å². The van der Waals surface area contributed by atoms with Crippen molar-refractivity contribution >= 4 is 11.8 Å². The van der Waals surface area contributed by atoms with Crippen molar-refractivity contribution in [2.45, 2.75) is 64.5 Å². The van der Waals surface area contributed by atoms with E-state index in [1.54, 1.807) is 26.8 Å². The molecule has 0 fully saturated rings. The number of hydrogen-bond acceptors (Lipinski definition) is 8. The molecule has 1 aromatic carbocycles. The standard InChI is InChI=1S/C29H33F3N4O5/c1-6-8-15-22(39-18-19-13-11-10-12-14-19)25-35-36-26(40-25)23-21(33-27(37)41-28(3,4)5)17-20(29(30,31)32)24(34-23)38-16-9-7-2/h6-7,10-14,17,22H,1-2,8-9,15-16,18H2,3-5H3,(H,33,37). The molecule has 0 aliphatic heterocycles. The van der Waals surface area contributed by atoms with Crippen LogP contribution in [0, 0.1) is 0 Å². The smallest absolute Gasteiger partial charge is 0.421 e. The largest absolute Gasteiger partial charge is 0.477 e. The molecule has 220 valence electrons. The van der Waals surface area contributed by atoms with E-state index in [2.05, 4.69) is 33.7 Å². The monoisotopic (exact) mass is 574 g/mol. The second-order valence-corrected chi connectivity index (χ2v) is 9.88. The van der Waals surface area contributed by atoms with Gasteiger partial charge in [-0.15, -0.1) is 23.4 Å². The molecule has 3 rings (SSSR count). The fourth-order valence-corrected chi connectivity index (χ4v) is 3.50. The summed E-state index contributed by atoms with van der Waals surface area (Å²) in [6.07, 6.45) is -1.97. The van der Waals surface area contributed by atoms with Gasteiger partial charge in [0.15, 0.2) is 5.69 Å². The lowest BCUT2D eigenvalue weighted by Crippen LogP contribution is -2.27. The van der Waals surface area contributed by atoms with Crippen molar-refractivity contribution in [3.05, 3.63) is 78.7 Å². The van der Waals surface area contributed by atoms with Crippen LogP contribution in [0.3, 0.4) is 0 Å². The van der Waals surface area contributed by atoms with Gasteiger partial charge in [0, 0.05) is 0 Å². The second-order valence-electron chi connectivity index (χ2n) is 9.88. The first-order valence-electron chi connectivity index (χ1n) is 12.9. The number of pyridine rings is 1. The molecule has 0 saturated heterocycles. The molecule has 41 heavy (non-hydrogen) atoms. The van der Waals surface area contributed by atoms with Crippen LogP contribution in [0.25, 0.3) is 11.6 Å². The summed E-state index contributed by atoms with van der Waals surface area (Å²) in [5, 5.41) is 10.4. The first kappa shape index (κ1) is 31.3. The third kappa shape index (κ3) is 9.45. The number of anilines is 1. The van der Waals surface area contributed by atoms with Gasteiger partial charge in [-0.3, -0.25) is 5.32 Å². The van der Waals surface area contributed by atoms with E-state index in [1.165, 1.54) is 6.08 Å². The van der Waals surface area contributed by atoms with E-state index in [-0.39, 0.29) is 42.8 Å². The van der Waals surface area contributed by atoms with E-state index in [1.807, 2.05) is 30.3 Å². The van der Waals surface area contributed by atoms with E-state index in [0.29, 0.717) is 18.9 Å². The molecule has 2 aromatic heterocycles. The van der Waals surface area contributed by atoms with Crippen LogP contribution in [0.5, 0.6) is 5.88 Å². The summed E-state index contributed by atoms with van der Waals surface area (Å²) in [5.41, 5.74) is -1.78. The van der Waals surface area contributed by atoms with Crippen molar-refractivity contribution in [2.75, 3.05) is 11.9 Å². The zero-order valence-corrected chi connectivity index (χ0v) is 23.2. The van der Waals surface area contributed by atoms with Crippen LogP contribution in [0.4, 0.5) is 23.7 Å². The van der Waals surface area contributed by atoms with E-state index in [4.69, 9.17) is 18.6 Å². The Morgan fingerprint density at radius 2 is 1.80 bits per heavy atom. The van der Waals surface area contributed by atoms with Crippen LogP contribution in [0.2, 0.25) is 0 Å². The topological polar surface area (TPSA) is 109 Å². The number of nitrogens with one attached hydrogen (secondary N) is 1. The third-order valence-corrected chi connectivity index (χ3v) is 5.33. The maximum Gasteiger partial charge on any atom is 0.421 e.